The fourth-order valence-corrected chi connectivity index (χ4v) is 3.67. The summed E-state index contributed by atoms with van der Waals surface area (Å²) in [5, 5.41) is 3.34. The zero-order valence-electron chi connectivity index (χ0n) is 14.4. The average Bonchev–Trinajstić information content (AvgIpc) is 2.56. The highest BCUT2D eigenvalue weighted by molar-refractivity contribution is 7.88. The molecule has 4 nitrogen and oxygen atoms in total. The minimum atomic E-state index is -3.34. The van der Waals surface area contributed by atoms with Gasteiger partial charge in [0.15, 0.2) is 0 Å². The molecule has 0 bridgehead atoms. The summed E-state index contributed by atoms with van der Waals surface area (Å²) in [6.07, 6.45) is 1.08. The van der Waals surface area contributed by atoms with Crippen molar-refractivity contribution >= 4 is 10.0 Å². The molecule has 0 unspecified atom stereocenters. The molecule has 0 fully saturated rings. The van der Waals surface area contributed by atoms with E-state index in [0.29, 0.717) is 6.54 Å². The first-order valence-corrected chi connectivity index (χ1v) is 9.88. The predicted octanol–water partition coefficient (Wildman–Crippen LogP) is 3.15. The molecule has 0 aliphatic heterocycles. The van der Waals surface area contributed by atoms with Crippen LogP contribution in [0, 0.1) is 0 Å². The van der Waals surface area contributed by atoms with E-state index in [4.69, 9.17) is 0 Å². The maximum Gasteiger partial charge on any atom is 0.218 e. The first-order valence-electron chi connectivity index (χ1n) is 8.27. The summed E-state index contributed by atoms with van der Waals surface area (Å²) in [6.45, 7) is 4.24. The maximum atomic E-state index is 12.6. The Morgan fingerprint density at radius 3 is 2.33 bits per heavy atom. The molecule has 2 rings (SSSR count). The van der Waals surface area contributed by atoms with Crippen LogP contribution in [0.25, 0.3) is 0 Å². The second-order valence-corrected chi connectivity index (χ2v) is 8.07. The van der Waals surface area contributed by atoms with Crippen LogP contribution in [0.4, 0.5) is 0 Å². The third-order valence-corrected chi connectivity index (χ3v) is 5.60. The highest BCUT2D eigenvalue weighted by Gasteiger charge is 2.18. The van der Waals surface area contributed by atoms with Crippen LogP contribution in [0.3, 0.4) is 0 Å². The Labute approximate surface area is 145 Å². The molecule has 5 heteroatoms. The summed E-state index contributed by atoms with van der Waals surface area (Å²) in [7, 11) is -1.71. The van der Waals surface area contributed by atoms with E-state index in [2.05, 4.69) is 12.2 Å². The van der Waals surface area contributed by atoms with Crippen molar-refractivity contribution in [3.63, 3.8) is 0 Å². The monoisotopic (exact) mass is 346 g/mol. The fourth-order valence-electron chi connectivity index (χ4n) is 2.50. The van der Waals surface area contributed by atoms with Gasteiger partial charge in [-0.25, -0.2) is 12.7 Å². The van der Waals surface area contributed by atoms with Crippen LogP contribution in [-0.4, -0.2) is 26.3 Å². The number of hydrogen-bond acceptors (Lipinski definition) is 3. The van der Waals surface area contributed by atoms with Crippen LogP contribution in [0.5, 0.6) is 0 Å². The fraction of sp³-hybridized carbons (Fsp3) is 0.368. The molecule has 0 aromatic heterocycles. The van der Waals surface area contributed by atoms with Gasteiger partial charge in [-0.05, 0) is 29.7 Å². The number of sulfonamides is 1. The van der Waals surface area contributed by atoms with Crippen LogP contribution < -0.4 is 5.32 Å². The van der Waals surface area contributed by atoms with Crippen molar-refractivity contribution in [3.05, 3.63) is 71.3 Å². The highest BCUT2D eigenvalue weighted by atomic mass is 32.2. The SMILES string of the molecule is CCCNCc1cccc(CS(=O)(=O)N(C)Cc2ccccc2)c1. The van der Waals surface area contributed by atoms with E-state index in [1.165, 1.54) is 4.31 Å². The number of hydrogen-bond donors (Lipinski definition) is 1. The lowest BCUT2D eigenvalue weighted by Crippen LogP contribution is -2.27. The average molecular weight is 346 g/mol. The standard InChI is InChI=1S/C19H26N2O2S/c1-3-12-20-14-18-10-7-11-19(13-18)16-24(22,23)21(2)15-17-8-5-4-6-9-17/h4-11,13,20H,3,12,14-16H2,1-2H3. The van der Waals surface area contributed by atoms with Crippen molar-refractivity contribution in [2.45, 2.75) is 32.2 Å². The van der Waals surface area contributed by atoms with Gasteiger partial charge in [-0.1, -0.05) is 61.5 Å². The van der Waals surface area contributed by atoms with Gasteiger partial charge >= 0.3 is 0 Å². The van der Waals surface area contributed by atoms with Gasteiger partial charge in [0, 0.05) is 20.1 Å². The van der Waals surface area contributed by atoms with Crippen LogP contribution in [0.2, 0.25) is 0 Å². The molecule has 0 heterocycles. The van der Waals surface area contributed by atoms with Crippen molar-refractivity contribution in [2.75, 3.05) is 13.6 Å². The molecular formula is C19H26N2O2S. The Kier molecular flexibility index (Phi) is 6.97. The smallest absolute Gasteiger partial charge is 0.218 e. The van der Waals surface area contributed by atoms with Crippen molar-refractivity contribution in [2.24, 2.45) is 0 Å². The molecule has 2 aromatic rings. The third kappa shape index (κ3) is 5.74. The van der Waals surface area contributed by atoms with Gasteiger partial charge < -0.3 is 5.32 Å². The molecule has 0 atom stereocenters. The molecule has 0 aliphatic rings. The van der Waals surface area contributed by atoms with Gasteiger partial charge in [0.25, 0.3) is 0 Å². The topological polar surface area (TPSA) is 49.4 Å². The molecule has 0 spiro atoms. The van der Waals surface area contributed by atoms with Crippen molar-refractivity contribution in [1.82, 2.24) is 9.62 Å². The second-order valence-electron chi connectivity index (χ2n) is 5.99. The van der Waals surface area contributed by atoms with Gasteiger partial charge in [-0.2, -0.15) is 0 Å². The first-order chi connectivity index (χ1) is 11.5. The Bertz CT molecular complexity index is 730. The molecule has 130 valence electrons. The van der Waals surface area contributed by atoms with E-state index < -0.39 is 10.0 Å². The molecule has 0 radical (unpaired) electrons. The first kappa shape index (κ1) is 18.6. The van der Waals surface area contributed by atoms with E-state index in [1.807, 2.05) is 54.6 Å². The number of nitrogens with one attached hydrogen (secondary N) is 1. The summed E-state index contributed by atoms with van der Waals surface area (Å²) >= 11 is 0. The van der Waals surface area contributed by atoms with Gasteiger partial charge in [-0.15, -0.1) is 0 Å². The quantitative estimate of drug-likeness (QED) is 0.710. The van der Waals surface area contributed by atoms with Gasteiger partial charge in [0.05, 0.1) is 5.75 Å². The molecule has 1 N–H and O–H groups in total. The predicted molar refractivity (Wildman–Crippen MR) is 99.0 cm³/mol. The summed E-state index contributed by atoms with van der Waals surface area (Å²) < 4.78 is 26.6. The summed E-state index contributed by atoms with van der Waals surface area (Å²) in [4.78, 5) is 0. The maximum absolute atomic E-state index is 12.6. The normalized spacial score (nSPS) is 11.8. The molecular weight excluding hydrogens is 320 g/mol. The van der Waals surface area contributed by atoms with Crippen LogP contribution >= 0.6 is 0 Å². The Morgan fingerprint density at radius 1 is 0.958 bits per heavy atom. The molecule has 0 saturated heterocycles. The largest absolute Gasteiger partial charge is 0.313 e. The molecule has 0 aliphatic carbocycles. The molecule has 0 saturated carbocycles. The number of nitrogens with zero attached hydrogens (tertiary/aromatic N) is 1. The minimum Gasteiger partial charge on any atom is -0.313 e. The van der Waals surface area contributed by atoms with Crippen LogP contribution in [0.15, 0.2) is 54.6 Å². The lowest BCUT2D eigenvalue weighted by Gasteiger charge is -2.17. The van der Waals surface area contributed by atoms with Crippen molar-refractivity contribution in [1.29, 1.82) is 0 Å². The van der Waals surface area contributed by atoms with E-state index >= 15 is 0 Å². The zero-order valence-corrected chi connectivity index (χ0v) is 15.2. The van der Waals surface area contributed by atoms with E-state index in [1.54, 1.807) is 7.05 Å². The highest BCUT2D eigenvalue weighted by Crippen LogP contribution is 2.14. The lowest BCUT2D eigenvalue weighted by molar-refractivity contribution is 0.466. The van der Waals surface area contributed by atoms with Gasteiger partial charge in [0.2, 0.25) is 10.0 Å². The lowest BCUT2D eigenvalue weighted by atomic mass is 10.1. The van der Waals surface area contributed by atoms with Crippen molar-refractivity contribution < 1.29 is 8.42 Å². The minimum absolute atomic E-state index is 0.0257. The third-order valence-electron chi connectivity index (χ3n) is 3.82. The molecule has 0 amide bonds. The van der Waals surface area contributed by atoms with Crippen molar-refractivity contribution in [3.8, 4) is 0 Å². The Morgan fingerprint density at radius 2 is 1.62 bits per heavy atom. The molecule has 24 heavy (non-hydrogen) atoms. The van der Waals surface area contributed by atoms with E-state index in [-0.39, 0.29) is 5.75 Å². The number of rotatable bonds is 9. The van der Waals surface area contributed by atoms with Crippen LogP contribution in [-0.2, 0) is 28.9 Å². The zero-order chi connectivity index (χ0) is 17.4. The van der Waals surface area contributed by atoms with Crippen LogP contribution in [0.1, 0.15) is 30.0 Å². The van der Waals surface area contributed by atoms with E-state index in [9.17, 15) is 8.42 Å². The van der Waals surface area contributed by atoms with E-state index in [0.717, 1.165) is 36.2 Å². The summed E-state index contributed by atoms with van der Waals surface area (Å²) in [6, 6.07) is 17.4. The second kappa shape index (κ2) is 8.97. The molecule has 2 aromatic carbocycles. The number of benzene rings is 2. The Balaban J connectivity index is 2.01. The Hall–Kier alpha value is -1.69. The van der Waals surface area contributed by atoms with Gasteiger partial charge in [-0.3, -0.25) is 0 Å². The summed E-state index contributed by atoms with van der Waals surface area (Å²) in [5.41, 5.74) is 2.92. The van der Waals surface area contributed by atoms with Gasteiger partial charge in [0.1, 0.15) is 0 Å². The summed E-state index contributed by atoms with van der Waals surface area (Å²) in [5.74, 6) is 0.0257.